The molecule has 7 heteroatoms. The van der Waals surface area contributed by atoms with Crippen LogP contribution in [0, 0.1) is 0 Å². The molecule has 0 aromatic heterocycles. The van der Waals surface area contributed by atoms with Gasteiger partial charge < -0.3 is 5.11 Å². The summed E-state index contributed by atoms with van der Waals surface area (Å²) < 4.78 is 24.7. The van der Waals surface area contributed by atoms with Crippen LogP contribution in [-0.4, -0.2) is 31.9 Å². The van der Waals surface area contributed by atoms with Crippen molar-refractivity contribution in [3.8, 4) is 0 Å². The van der Waals surface area contributed by atoms with Gasteiger partial charge >= 0.3 is 0 Å². The quantitative estimate of drug-likeness (QED) is 0.919. The molecular formula is C9H11Cl2NO3S. The fraction of sp³-hybridized carbons (Fsp3) is 0.333. The van der Waals surface area contributed by atoms with Gasteiger partial charge in [0.05, 0.1) is 11.6 Å². The summed E-state index contributed by atoms with van der Waals surface area (Å²) in [5, 5.41) is 9.25. The summed E-state index contributed by atoms with van der Waals surface area (Å²) in [6.45, 7) is -0.408. The monoisotopic (exact) mass is 283 g/mol. The number of aliphatic hydroxyl groups excluding tert-OH is 1. The molecule has 0 aliphatic rings. The van der Waals surface area contributed by atoms with E-state index in [0.29, 0.717) is 0 Å². The summed E-state index contributed by atoms with van der Waals surface area (Å²) in [5.74, 6) is 0. The third kappa shape index (κ3) is 2.33. The summed E-state index contributed by atoms with van der Waals surface area (Å²) in [6, 6.07) is 2.72. The molecule has 90 valence electrons. The van der Waals surface area contributed by atoms with Crippen molar-refractivity contribution in [3.05, 3.63) is 27.7 Å². The third-order valence-corrected chi connectivity index (χ3v) is 4.82. The summed E-state index contributed by atoms with van der Waals surface area (Å²) in [4.78, 5) is -0.0624. The normalized spacial score (nSPS) is 12.1. The minimum atomic E-state index is -3.63. The first-order valence-electron chi connectivity index (χ1n) is 4.32. The lowest BCUT2D eigenvalue weighted by atomic mass is 10.2. The zero-order valence-electron chi connectivity index (χ0n) is 8.74. The van der Waals surface area contributed by atoms with Gasteiger partial charge in [0.25, 0.3) is 0 Å². The molecule has 0 heterocycles. The molecule has 0 aliphatic carbocycles. The fourth-order valence-corrected chi connectivity index (χ4v) is 2.88. The second-order valence-electron chi connectivity index (χ2n) is 3.28. The van der Waals surface area contributed by atoms with Gasteiger partial charge in [0, 0.05) is 24.7 Å². The molecule has 0 atom stereocenters. The van der Waals surface area contributed by atoms with Crippen LogP contribution in [0.15, 0.2) is 17.0 Å². The molecule has 4 nitrogen and oxygen atoms in total. The molecular weight excluding hydrogens is 273 g/mol. The van der Waals surface area contributed by atoms with E-state index in [4.69, 9.17) is 28.3 Å². The Kier molecular flexibility index (Phi) is 4.20. The van der Waals surface area contributed by atoms with E-state index < -0.39 is 16.6 Å². The van der Waals surface area contributed by atoms with Gasteiger partial charge in [0.2, 0.25) is 10.0 Å². The minimum Gasteiger partial charge on any atom is -0.392 e. The van der Waals surface area contributed by atoms with Gasteiger partial charge in [0.1, 0.15) is 4.90 Å². The number of sulfonamides is 1. The number of benzene rings is 1. The number of hydrogen-bond donors (Lipinski definition) is 1. The highest BCUT2D eigenvalue weighted by Gasteiger charge is 2.23. The largest absolute Gasteiger partial charge is 0.392 e. The van der Waals surface area contributed by atoms with Gasteiger partial charge in [-0.05, 0) is 12.1 Å². The second kappa shape index (κ2) is 4.89. The Hall–Kier alpha value is -0.330. The summed E-state index contributed by atoms with van der Waals surface area (Å²) in [5.41, 5.74) is 0.214. The van der Waals surface area contributed by atoms with Crippen molar-refractivity contribution in [2.24, 2.45) is 0 Å². The van der Waals surface area contributed by atoms with Gasteiger partial charge in [0.15, 0.2) is 0 Å². The molecule has 0 radical (unpaired) electrons. The Balaban J connectivity index is 3.50. The van der Waals surface area contributed by atoms with Crippen molar-refractivity contribution in [3.63, 3.8) is 0 Å². The highest BCUT2D eigenvalue weighted by atomic mass is 35.5. The number of halogens is 2. The molecule has 0 saturated carbocycles. The molecule has 16 heavy (non-hydrogen) atoms. The topological polar surface area (TPSA) is 57.6 Å². The van der Waals surface area contributed by atoms with E-state index in [-0.39, 0.29) is 20.5 Å². The van der Waals surface area contributed by atoms with E-state index in [2.05, 4.69) is 0 Å². The Morgan fingerprint density at radius 1 is 1.31 bits per heavy atom. The number of nitrogens with zero attached hydrogens (tertiary/aromatic N) is 1. The van der Waals surface area contributed by atoms with Crippen LogP contribution in [0.4, 0.5) is 0 Å². The average molecular weight is 284 g/mol. The van der Waals surface area contributed by atoms with Crippen molar-refractivity contribution in [1.29, 1.82) is 0 Å². The maximum Gasteiger partial charge on any atom is 0.244 e. The maximum atomic E-state index is 11.8. The van der Waals surface area contributed by atoms with E-state index in [1.807, 2.05) is 0 Å². The van der Waals surface area contributed by atoms with Gasteiger partial charge in [-0.1, -0.05) is 23.2 Å². The first kappa shape index (κ1) is 13.7. The third-order valence-electron chi connectivity index (χ3n) is 2.07. The molecule has 0 fully saturated rings. The maximum absolute atomic E-state index is 11.8. The zero-order chi connectivity index (χ0) is 12.5. The van der Waals surface area contributed by atoms with Crippen LogP contribution in [0.1, 0.15) is 5.56 Å². The second-order valence-corrected chi connectivity index (χ2v) is 6.19. The Morgan fingerprint density at radius 3 is 2.31 bits per heavy atom. The fourth-order valence-electron chi connectivity index (χ4n) is 1.12. The van der Waals surface area contributed by atoms with Gasteiger partial charge in [-0.3, -0.25) is 0 Å². The van der Waals surface area contributed by atoms with Gasteiger partial charge in [-0.25, -0.2) is 12.7 Å². The predicted octanol–water partition coefficient (Wildman–Crippen LogP) is 1.74. The summed E-state index contributed by atoms with van der Waals surface area (Å²) in [7, 11) is -0.822. The number of aliphatic hydroxyl groups is 1. The SMILES string of the molecule is CN(C)S(=O)(=O)c1ccc(Cl)c(CO)c1Cl. The lowest BCUT2D eigenvalue weighted by Crippen LogP contribution is -2.22. The molecule has 1 aromatic rings. The van der Waals surface area contributed by atoms with Gasteiger partial charge in [-0.2, -0.15) is 0 Å². The van der Waals surface area contributed by atoms with Gasteiger partial charge in [-0.15, -0.1) is 0 Å². The van der Waals surface area contributed by atoms with Crippen LogP contribution in [-0.2, 0) is 16.6 Å². The van der Waals surface area contributed by atoms with Crippen LogP contribution in [0.5, 0.6) is 0 Å². The van der Waals surface area contributed by atoms with E-state index in [9.17, 15) is 8.42 Å². The van der Waals surface area contributed by atoms with Crippen molar-refractivity contribution in [2.75, 3.05) is 14.1 Å². The minimum absolute atomic E-state index is 0.0382. The predicted molar refractivity (Wildman–Crippen MR) is 63.3 cm³/mol. The standard InChI is InChI=1S/C9H11Cl2NO3S/c1-12(2)16(14,15)8-4-3-7(10)6(5-13)9(8)11/h3-4,13H,5H2,1-2H3. The Labute approximate surface area is 104 Å². The molecule has 0 aliphatic heterocycles. The van der Waals surface area contributed by atoms with Crippen molar-refractivity contribution in [1.82, 2.24) is 4.31 Å². The molecule has 0 bridgehead atoms. The zero-order valence-corrected chi connectivity index (χ0v) is 11.1. The molecule has 0 amide bonds. The highest BCUT2D eigenvalue weighted by molar-refractivity contribution is 7.89. The van der Waals surface area contributed by atoms with Crippen molar-refractivity contribution in [2.45, 2.75) is 11.5 Å². The Morgan fingerprint density at radius 2 is 1.88 bits per heavy atom. The van der Waals surface area contributed by atoms with Crippen molar-refractivity contribution < 1.29 is 13.5 Å². The first-order chi connectivity index (χ1) is 7.32. The van der Waals surface area contributed by atoms with Crippen LogP contribution < -0.4 is 0 Å². The lowest BCUT2D eigenvalue weighted by molar-refractivity contribution is 0.281. The number of rotatable bonds is 3. The lowest BCUT2D eigenvalue weighted by Gasteiger charge is -2.14. The number of hydrogen-bond acceptors (Lipinski definition) is 3. The average Bonchev–Trinajstić information content (AvgIpc) is 2.17. The van der Waals surface area contributed by atoms with Crippen LogP contribution in [0.2, 0.25) is 10.0 Å². The molecule has 0 saturated heterocycles. The highest BCUT2D eigenvalue weighted by Crippen LogP contribution is 2.31. The van der Waals surface area contributed by atoms with Crippen LogP contribution in [0.3, 0.4) is 0 Å². The Bertz CT molecular complexity index is 500. The molecule has 1 rings (SSSR count). The van der Waals surface area contributed by atoms with Crippen LogP contribution >= 0.6 is 23.2 Å². The van der Waals surface area contributed by atoms with E-state index >= 15 is 0 Å². The summed E-state index contributed by atoms with van der Waals surface area (Å²) >= 11 is 11.7. The molecule has 0 unspecified atom stereocenters. The summed E-state index contributed by atoms with van der Waals surface area (Å²) in [6.07, 6.45) is 0. The van der Waals surface area contributed by atoms with Crippen LogP contribution in [0.25, 0.3) is 0 Å². The van der Waals surface area contributed by atoms with E-state index in [1.54, 1.807) is 0 Å². The van der Waals surface area contributed by atoms with Crippen molar-refractivity contribution >= 4 is 33.2 Å². The molecule has 0 spiro atoms. The first-order valence-corrected chi connectivity index (χ1v) is 6.52. The van der Waals surface area contributed by atoms with E-state index in [1.165, 1.54) is 26.2 Å². The smallest absolute Gasteiger partial charge is 0.244 e. The van der Waals surface area contributed by atoms with E-state index in [0.717, 1.165) is 4.31 Å². The molecule has 1 N–H and O–H groups in total. The molecule has 1 aromatic carbocycles.